The Morgan fingerprint density at radius 1 is 0.429 bits per heavy atom. The second-order valence-electron chi connectivity index (χ2n) is 26.6. The molecule has 0 aliphatic rings. The van der Waals surface area contributed by atoms with Crippen LogP contribution < -0.4 is 120 Å². The number of carbonyl (C=O) groups excluding carboxylic acids is 5. The number of nitrogens with two attached hydrogens (primary N) is 1. The fraction of sp³-hybridized carbons (Fsp3) is 0.115. The minimum absolute atomic E-state index is 0. The molecular formula is C96H84Br2Cl3FKN18NaO18. The molecule has 0 saturated carbocycles. The number of Topliss-reactive ketones (excluding diaryl/α,β-unsaturated/α-hetero) is 5. The van der Waals surface area contributed by atoms with Crippen LogP contribution in [0.2, 0.25) is 15.1 Å². The maximum atomic E-state index is 12.3. The summed E-state index contributed by atoms with van der Waals surface area (Å²) in [5.41, 5.74) is 12.5. The SMILES string of the molecule is Brc1cncnc1.CC(=O)c1ccc(F)cc1.CC(=O)c1ccc(Oc2cncnc2)cc1.COc1ccc(CN)nc1[N+](=O)[O-].COc1ccc(Cn2c(-c3ccc(Oc4cncnc4)cc3)ccc2-c2ccccc2Cl)nc1[N+](=O)[O-].COc1cncnc1.C[O-].O=C(CBr)c1ccccc1Cl.O=C(CCC(=O)c1ccccc1Cl)c1ccc(Oc2cncnc2)cc1.Oc1cncnc1.[K+].[Na+].[OH-]. The van der Waals surface area contributed by atoms with Crippen LogP contribution in [-0.4, -0.2) is 157 Å². The second kappa shape index (κ2) is 66.2. The molecule has 0 unspecified atom stereocenters. The summed E-state index contributed by atoms with van der Waals surface area (Å²) < 4.78 is 46.7. The Balaban J connectivity index is 0.000000348. The first-order chi connectivity index (χ1) is 66.3. The van der Waals surface area contributed by atoms with Gasteiger partial charge in [-0.2, -0.15) is 7.11 Å². The van der Waals surface area contributed by atoms with E-state index >= 15 is 0 Å². The smallest absolute Gasteiger partial charge is 0.870 e. The van der Waals surface area contributed by atoms with Crippen molar-refractivity contribution in [1.82, 2.24) is 74.3 Å². The minimum Gasteiger partial charge on any atom is -0.870 e. The molecule has 0 aliphatic heterocycles. The van der Waals surface area contributed by atoms with Crippen LogP contribution in [0.25, 0.3) is 22.5 Å². The molecule has 16 rings (SSSR count). The van der Waals surface area contributed by atoms with E-state index in [0.29, 0.717) is 99.8 Å². The van der Waals surface area contributed by atoms with E-state index in [1.54, 1.807) is 184 Å². The molecular weight excluding hydrogens is 2040 g/mol. The number of aromatic hydroxyl groups is 1. The number of aromatic nitrogens is 15. The Bertz CT molecular complexity index is 6440. The summed E-state index contributed by atoms with van der Waals surface area (Å²) in [4.78, 5) is 131. The van der Waals surface area contributed by atoms with E-state index in [2.05, 4.69) is 102 Å². The van der Waals surface area contributed by atoms with Crippen molar-refractivity contribution in [2.45, 2.75) is 39.8 Å². The third-order valence-electron chi connectivity index (χ3n) is 17.3. The predicted octanol–water partition coefficient (Wildman–Crippen LogP) is 13.8. The number of alkyl halides is 1. The Morgan fingerprint density at radius 3 is 1.14 bits per heavy atom. The first kappa shape index (κ1) is 119. The van der Waals surface area contributed by atoms with Gasteiger partial charge < -0.3 is 74.6 Å². The van der Waals surface area contributed by atoms with Crippen molar-refractivity contribution < 1.29 is 163 Å². The van der Waals surface area contributed by atoms with Crippen molar-refractivity contribution in [2.24, 2.45) is 5.73 Å². The van der Waals surface area contributed by atoms with E-state index in [4.69, 9.17) is 79.2 Å². The van der Waals surface area contributed by atoms with E-state index in [0.717, 1.165) is 34.1 Å². The molecule has 0 aliphatic carbocycles. The van der Waals surface area contributed by atoms with Crippen LogP contribution >= 0.6 is 66.7 Å². The molecule has 9 aromatic heterocycles. The summed E-state index contributed by atoms with van der Waals surface area (Å²) >= 11 is 24.6. The molecule has 7 aromatic carbocycles. The summed E-state index contributed by atoms with van der Waals surface area (Å²) in [5, 5.41) is 40.6. The van der Waals surface area contributed by atoms with E-state index < -0.39 is 9.85 Å². The van der Waals surface area contributed by atoms with Gasteiger partial charge in [-0.3, -0.25) is 24.0 Å². The number of carbonyl (C=O) groups is 5. The van der Waals surface area contributed by atoms with Crippen LogP contribution in [0.3, 0.4) is 0 Å². The fourth-order valence-electron chi connectivity index (χ4n) is 10.9. The third-order valence-corrected chi connectivity index (χ3v) is 19.2. The van der Waals surface area contributed by atoms with Crippen LogP contribution in [0.1, 0.15) is 89.9 Å². The number of pyridine rings is 2. The van der Waals surface area contributed by atoms with Gasteiger partial charge in [-0.1, -0.05) is 93.2 Å². The Labute approximate surface area is 898 Å². The van der Waals surface area contributed by atoms with Gasteiger partial charge in [0.1, 0.15) is 61.0 Å². The second-order valence-corrected chi connectivity index (χ2v) is 29.3. The zero-order valence-electron chi connectivity index (χ0n) is 75.9. The average molecular weight is 2130 g/mol. The number of hydrogen-bond donors (Lipinski definition) is 2. The molecule has 710 valence electrons. The monoisotopic (exact) mass is 2120 g/mol. The number of ether oxygens (including phenoxy) is 6. The van der Waals surface area contributed by atoms with Gasteiger partial charge in [-0.25, -0.2) is 64.2 Å². The van der Waals surface area contributed by atoms with Gasteiger partial charge in [0.2, 0.25) is 11.5 Å². The van der Waals surface area contributed by atoms with Crippen LogP contribution in [0.5, 0.6) is 57.5 Å². The van der Waals surface area contributed by atoms with Crippen molar-refractivity contribution >= 4 is 107 Å². The van der Waals surface area contributed by atoms with E-state index in [9.17, 15) is 48.6 Å². The summed E-state index contributed by atoms with van der Waals surface area (Å²) in [6.07, 6.45) is 27.5. The first-order valence-electron chi connectivity index (χ1n) is 39.8. The largest absolute Gasteiger partial charge is 1.00 e. The summed E-state index contributed by atoms with van der Waals surface area (Å²) in [6, 6.07) is 58.4. The molecule has 0 amide bonds. The van der Waals surface area contributed by atoms with Crippen molar-refractivity contribution in [2.75, 3.05) is 33.8 Å². The molecule has 140 heavy (non-hydrogen) atoms. The average Bonchev–Trinajstić information content (AvgIpc) is 1.50. The normalized spacial score (nSPS) is 9.61. The Morgan fingerprint density at radius 2 is 0.779 bits per heavy atom. The van der Waals surface area contributed by atoms with Gasteiger partial charge in [0.15, 0.2) is 69.1 Å². The van der Waals surface area contributed by atoms with Crippen LogP contribution in [0.15, 0.2) is 323 Å². The van der Waals surface area contributed by atoms with Gasteiger partial charge in [-0.05, 0) is 219 Å². The number of benzene rings is 7. The minimum atomic E-state index is -0.599. The van der Waals surface area contributed by atoms with Crippen LogP contribution in [-0.2, 0) is 13.1 Å². The third kappa shape index (κ3) is 41.7. The van der Waals surface area contributed by atoms with Crippen molar-refractivity contribution in [1.29, 1.82) is 0 Å². The standard InChI is InChI=1S/C27H20ClN5O4.C20H15ClN2O3.C12H10N2O2.C8H6BrClO.C8H7FO.C7H9N3O3.C5H6N2O.C4H3BrN2.C4H4N2O.CH3O.K.Na.H2O/c1-36-26-13-8-19(31-27(26)33(34)35)16-32-24(11-12-25(32)22-4-2-3-5-23(22)28)18-6-9-20(10-7-18)37-21-14-29-17-30-15-21;21-18-4-2-1-3-17(18)20(25)10-9-19(24)14-5-7-15(8-6-14)26-16-11-22-13-23-12-16;1-9(15)10-2-4-11(5-3-10)16-12-6-13-8-14-7-12;9-5-8(11)6-3-1-2-4-7(6)10;1-6(10)7-2-4-8(9)5-3-7;1-13-6-3-2-5(4-8)9-7(6)10(11)12;1-8-5-2-6-4-7-3-5;5-4-1-6-3-7-2-4;7-4-1-5-3-6-2-4;1-2;;;/h2-15,17H,16H2,1H3;1-8,11-13H,9-10H2;2-8H,1H3;1-4H,5H2;2-5H,1H3;2-3H,4,8H2,1H3;2-4H,1H3;1-3H;1-3,7H;1H3;;;1H2/q;;;;;;;;;-1;2*+1;/p-1. The van der Waals surface area contributed by atoms with Gasteiger partial charge in [0.25, 0.3) is 0 Å². The molecule has 4 N–H and O–H groups in total. The number of ketones is 5. The summed E-state index contributed by atoms with van der Waals surface area (Å²) in [6.45, 7) is 3.42. The maximum absolute atomic E-state index is 12.3. The molecule has 0 fully saturated rings. The summed E-state index contributed by atoms with van der Waals surface area (Å²) in [7, 11) is 5.06. The van der Waals surface area contributed by atoms with Gasteiger partial charge in [0, 0.05) is 69.3 Å². The van der Waals surface area contributed by atoms with Gasteiger partial charge >= 0.3 is 92.6 Å². The number of hydrogen-bond acceptors (Lipinski definition) is 33. The molecule has 0 spiro atoms. The zero-order valence-corrected chi connectivity index (χ0v) is 86.5. The van der Waals surface area contributed by atoms with Crippen molar-refractivity contribution in [3.05, 3.63) is 403 Å². The van der Waals surface area contributed by atoms with Gasteiger partial charge in [0.05, 0.1) is 122 Å². The molecule has 9 heterocycles. The predicted molar refractivity (Wildman–Crippen MR) is 517 cm³/mol. The zero-order chi connectivity index (χ0) is 99.2. The molecule has 0 saturated heterocycles. The van der Waals surface area contributed by atoms with E-state index in [1.165, 1.54) is 109 Å². The molecule has 36 nitrogen and oxygen atoms in total. The number of methoxy groups -OCH3 is 3. The van der Waals surface area contributed by atoms with Crippen LogP contribution in [0.4, 0.5) is 16.0 Å². The molecule has 0 bridgehead atoms. The quantitative estimate of drug-likeness (QED) is 0.0176. The van der Waals surface area contributed by atoms with E-state index in [-0.39, 0.29) is 176 Å². The first-order valence-corrected chi connectivity index (χ1v) is 42.9. The molecule has 16 aromatic rings. The number of nitro groups is 2. The van der Waals surface area contributed by atoms with Crippen molar-refractivity contribution in [3.8, 4) is 80.0 Å². The maximum Gasteiger partial charge on any atom is 1.00 e. The summed E-state index contributed by atoms with van der Waals surface area (Å²) in [5.74, 6) is 3.30. The number of rotatable bonds is 25. The fourth-order valence-corrected chi connectivity index (χ4v) is 12.1. The van der Waals surface area contributed by atoms with Crippen molar-refractivity contribution in [3.63, 3.8) is 0 Å². The Kier molecular flexibility index (Phi) is 56.3. The molecule has 0 atom stereocenters. The van der Waals surface area contributed by atoms with E-state index in [1.807, 2.05) is 65.2 Å². The topological polar surface area (TPSA) is 512 Å². The molecule has 44 heteroatoms. The Hall–Kier alpha value is -13.4. The number of nitrogens with zero attached hydrogens (tertiary/aromatic N) is 17. The van der Waals surface area contributed by atoms with Crippen LogP contribution in [0, 0.1) is 26.0 Å². The number of halogens is 6. The van der Waals surface area contributed by atoms with Gasteiger partial charge in [-0.15, -0.1) is 0 Å². The molecule has 0 radical (unpaired) electrons.